The van der Waals surface area contributed by atoms with Crippen LogP contribution in [0, 0.1) is 0 Å². The van der Waals surface area contributed by atoms with Crippen molar-refractivity contribution < 1.29 is 19.1 Å². The summed E-state index contributed by atoms with van der Waals surface area (Å²) in [4.78, 5) is 10.8. The first kappa shape index (κ1) is 13.9. The van der Waals surface area contributed by atoms with Crippen LogP contribution in [0.4, 0.5) is 0 Å². The van der Waals surface area contributed by atoms with E-state index in [1.165, 1.54) is 6.07 Å². The molecule has 0 fully saturated rings. The highest BCUT2D eigenvalue weighted by Gasteiger charge is 2.11. The van der Waals surface area contributed by atoms with Gasteiger partial charge in [-0.25, -0.2) is 4.79 Å². The summed E-state index contributed by atoms with van der Waals surface area (Å²) in [5.74, 6) is 0.120. The first-order chi connectivity index (χ1) is 10.7. The van der Waals surface area contributed by atoms with Gasteiger partial charge in [0.05, 0.1) is 25.4 Å². The summed E-state index contributed by atoms with van der Waals surface area (Å²) in [5.41, 5.74) is 1.82. The number of aromatic carboxylic acids is 1. The molecule has 0 bridgehead atoms. The molecule has 0 saturated heterocycles. The summed E-state index contributed by atoms with van der Waals surface area (Å²) in [5, 5.41) is 13.1. The summed E-state index contributed by atoms with van der Waals surface area (Å²) in [6.07, 6.45) is 3.46. The molecule has 0 radical (unpaired) electrons. The molecule has 6 nitrogen and oxygen atoms in total. The van der Waals surface area contributed by atoms with E-state index in [1.54, 1.807) is 24.1 Å². The first-order valence-corrected chi connectivity index (χ1v) is 6.64. The third-order valence-electron chi connectivity index (χ3n) is 3.24. The monoisotopic (exact) mass is 298 g/mol. The van der Waals surface area contributed by atoms with Crippen molar-refractivity contribution in [2.45, 2.75) is 6.54 Å². The van der Waals surface area contributed by atoms with E-state index in [1.807, 2.05) is 30.5 Å². The van der Waals surface area contributed by atoms with Crippen LogP contribution in [0.3, 0.4) is 0 Å². The van der Waals surface area contributed by atoms with Crippen LogP contribution < -0.4 is 4.74 Å². The smallest absolute Gasteiger partial charge is 0.371 e. The lowest BCUT2D eigenvalue weighted by Gasteiger charge is -2.03. The highest BCUT2D eigenvalue weighted by Crippen LogP contribution is 2.22. The van der Waals surface area contributed by atoms with Gasteiger partial charge in [0.1, 0.15) is 11.5 Å². The Morgan fingerprint density at radius 3 is 2.68 bits per heavy atom. The number of ether oxygens (including phenoxy) is 1. The highest BCUT2D eigenvalue weighted by atomic mass is 16.5. The minimum atomic E-state index is -1.09. The Balaban J connectivity index is 1.76. The quantitative estimate of drug-likeness (QED) is 0.783. The van der Waals surface area contributed by atoms with Crippen molar-refractivity contribution in [1.82, 2.24) is 9.78 Å². The number of hydrogen-bond donors (Lipinski definition) is 1. The minimum absolute atomic E-state index is 0.0853. The molecule has 2 aromatic heterocycles. The molecule has 0 aliphatic heterocycles. The topological polar surface area (TPSA) is 77.5 Å². The standard InChI is InChI=1S/C16H14N2O4/c1-21-13-4-2-11(3-5-13)9-18-10-12(8-17-18)14-6-7-15(22-14)16(19)20/h2-8,10H,9H2,1H3,(H,19,20). The Bertz CT molecular complexity index is 787. The van der Waals surface area contributed by atoms with Crippen molar-refractivity contribution in [3.8, 4) is 17.1 Å². The van der Waals surface area contributed by atoms with Gasteiger partial charge in [-0.15, -0.1) is 0 Å². The molecule has 3 aromatic rings. The second kappa shape index (κ2) is 5.77. The number of rotatable bonds is 5. The van der Waals surface area contributed by atoms with Crippen LogP contribution in [0.1, 0.15) is 16.1 Å². The normalized spacial score (nSPS) is 10.6. The summed E-state index contributed by atoms with van der Waals surface area (Å²) >= 11 is 0. The Morgan fingerprint density at radius 1 is 1.27 bits per heavy atom. The zero-order valence-corrected chi connectivity index (χ0v) is 11.9. The largest absolute Gasteiger partial charge is 0.497 e. The molecule has 3 rings (SSSR count). The third-order valence-corrected chi connectivity index (χ3v) is 3.24. The molecule has 0 atom stereocenters. The molecule has 1 N–H and O–H groups in total. The second-order valence-electron chi connectivity index (χ2n) is 4.74. The molecule has 1 aromatic carbocycles. The summed E-state index contributed by atoms with van der Waals surface area (Å²) < 4.78 is 12.1. The maximum Gasteiger partial charge on any atom is 0.371 e. The zero-order valence-electron chi connectivity index (χ0n) is 11.9. The Morgan fingerprint density at radius 2 is 2.05 bits per heavy atom. The van der Waals surface area contributed by atoms with Crippen LogP contribution in [0.15, 0.2) is 53.2 Å². The van der Waals surface area contributed by atoms with Gasteiger partial charge in [0.2, 0.25) is 5.76 Å². The highest BCUT2D eigenvalue weighted by molar-refractivity contribution is 5.85. The van der Waals surface area contributed by atoms with Gasteiger partial charge in [-0.2, -0.15) is 5.10 Å². The van der Waals surface area contributed by atoms with Gasteiger partial charge >= 0.3 is 5.97 Å². The van der Waals surface area contributed by atoms with Gasteiger partial charge in [-0.05, 0) is 29.8 Å². The molecular weight excluding hydrogens is 284 g/mol. The van der Waals surface area contributed by atoms with Crippen LogP contribution in [0.5, 0.6) is 5.75 Å². The number of aromatic nitrogens is 2. The molecule has 0 unspecified atom stereocenters. The molecule has 22 heavy (non-hydrogen) atoms. The molecule has 0 saturated carbocycles. The summed E-state index contributed by atoms with van der Waals surface area (Å²) in [7, 11) is 1.63. The number of hydrogen-bond acceptors (Lipinski definition) is 4. The average molecular weight is 298 g/mol. The molecule has 0 spiro atoms. The van der Waals surface area contributed by atoms with Gasteiger partial charge in [0, 0.05) is 6.20 Å². The second-order valence-corrected chi connectivity index (χ2v) is 4.74. The SMILES string of the molecule is COc1ccc(Cn2cc(-c3ccc(C(=O)O)o3)cn2)cc1. The van der Waals surface area contributed by atoms with E-state index in [9.17, 15) is 4.79 Å². The van der Waals surface area contributed by atoms with E-state index in [0.29, 0.717) is 12.3 Å². The third kappa shape index (κ3) is 2.85. The number of furan rings is 1. The predicted octanol–water partition coefficient (Wildman–Crippen LogP) is 2.90. The zero-order chi connectivity index (χ0) is 15.5. The maximum atomic E-state index is 10.8. The van der Waals surface area contributed by atoms with Gasteiger partial charge in [-0.3, -0.25) is 4.68 Å². The molecular formula is C16H14N2O4. The van der Waals surface area contributed by atoms with E-state index in [2.05, 4.69) is 5.10 Å². The van der Waals surface area contributed by atoms with Crippen LogP contribution >= 0.6 is 0 Å². The first-order valence-electron chi connectivity index (χ1n) is 6.64. The summed E-state index contributed by atoms with van der Waals surface area (Å²) in [6.45, 7) is 0.608. The fraction of sp³-hybridized carbons (Fsp3) is 0.125. The Hall–Kier alpha value is -3.02. The van der Waals surface area contributed by atoms with Crippen molar-refractivity contribution in [2.75, 3.05) is 7.11 Å². The molecule has 2 heterocycles. The molecule has 0 aliphatic rings. The number of benzene rings is 1. The van der Waals surface area contributed by atoms with Gasteiger partial charge in [0.25, 0.3) is 0 Å². The van der Waals surface area contributed by atoms with Gasteiger partial charge in [-0.1, -0.05) is 12.1 Å². The molecule has 6 heteroatoms. The van der Waals surface area contributed by atoms with E-state index >= 15 is 0 Å². The van der Waals surface area contributed by atoms with Crippen molar-refractivity contribution in [3.05, 3.63) is 60.1 Å². The number of carboxylic acids is 1. The fourth-order valence-corrected chi connectivity index (χ4v) is 2.10. The van der Waals surface area contributed by atoms with Crippen LogP contribution in [0.2, 0.25) is 0 Å². The van der Waals surface area contributed by atoms with E-state index in [-0.39, 0.29) is 5.76 Å². The molecule has 0 aliphatic carbocycles. The van der Waals surface area contributed by atoms with Gasteiger partial charge < -0.3 is 14.3 Å². The maximum absolute atomic E-state index is 10.8. The molecule has 112 valence electrons. The summed E-state index contributed by atoms with van der Waals surface area (Å²) in [6, 6.07) is 10.8. The van der Waals surface area contributed by atoms with Crippen LogP contribution in [-0.2, 0) is 6.54 Å². The van der Waals surface area contributed by atoms with Crippen molar-refractivity contribution in [1.29, 1.82) is 0 Å². The lowest BCUT2D eigenvalue weighted by atomic mass is 10.2. The van der Waals surface area contributed by atoms with E-state index < -0.39 is 5.97 Å². The number of carbonyl (C=O) groups is 1. The van der Waals surface area contributed by atoms with E-state index in [4.69, 9.17) is 14.3 Å². The predicted molar refractivity (Wildman–Crippen MR) is 79.0 cm³/mol. The minimum Gasteiger partial charge on any atom is -0.497 e. The Kier molecular flexibility index (Phi) is 3.65. The van der Waals surface area contributed by atoms with Crippen LogP contribution in [0.25, 0.3) is 11.3 Å². The van der Waals surface area contributed by atoms with Crippen molar-refractivity contribution >= 4 is 5.97 Å². The van der Waals surface area contributed by atoms with Crippen molar-refractivity contribution in [2.24, 2.45) is 0 Å². The number of nitrogens with zero attached hydrogens (tertiary/aromatic N) is 2. The lowest BCUT2D eigenvalue weighted by molar-refractivity contribution is 0.0663. The molecule has 0 amide bonds. The Labute approximate surface area is 126 Å². The van der Waals surface area contributed by atoms with Gasteiger partial charge in [0.15, 0.2) is 0 Å². The van der Waals surface area contributed by atoms with Crippen molar-refractivity contribution in [3.63, 3.8) is 0 Å². The average Bonchev–Trinajstić information content (AvgIpc) is 3.16. The fourth-order valence-electron chi connectivity index (χ4n) is 2.10. The van der Waals surface area contributed by atoms with E-state index in [0.717, 1.165) is 16.9 Å². The number of carboxylic acid groups (broad SMARTS) is 1. The van der Waals surface area contributed by atoms with Crippen LogP contribution in [-0.4, -0.2) is 28.0 Å². The lowest BCUT2D eigenvalue weighted by Crippen LogP contribution is -1.99. The number of methoxy groups -OCH3 is 1.